The molecule has 0 atom stereocenters. The molecular weight excluding hydrogens is 817 g/mol. The molecular formula is C61H40N6. The summed E-state index contributed by atoms with van der Waals surface area (Å²) in [6.45, 7) is 0. The molecule has 67 heavy (non-hydrogen) atoms. The lowest BCUT2D eigenvalue weighted by Crippen LogP contribution is -2.04. The highest BCUT2D eigenvalue weighted by molar-refractivity contribution is 6.11. The van der Waals surface area contributed by atoms with Crippen LogP contribution in [-0.2, 0) is 0 Å². The summed E-state index contributed by atoms with van der Waals surface area (Å²) in [5.41, 5.74) is 14.7. The van der Waals surface area contributed by atoms with Gasteiger partial charge in [-0.1, -0.05) is 212 Å². The maximum absolute atomic E-state index is 5.36. The van der Waals surface area contributed by atoms with Crippen LogP contribution in [0.25, 0.3) is 118 Å². The van der Waals surface area contributed by atoms with Crippen LogP contribution in [-0.4, -0.2) is 29.5 Å². The van der Waals surface area contributed by atoms with E-state index < -0.39 is 0 Å². The number of hydrogen-bond donors (Lipinski definition) is 0. The Morgan fingerprint density at radius 2 is 0.597 bits per heavy atom. The lowest BCUT2D eigenvalue weighted by molar-refractivity contribution is 1.06. The van der Waals surface area contributed by atoms with E-state index in [0.717, 1.165) is 94.5 Å². The molecule has 314 valence electrons. The van der Waals surface area contributed by atoms with Crippen molar-refractivity contribution in [3.63, 3.8) is 0 Å². The molecule has 0 saturated carbocycles. The van der Waals surface area contributed by atoms with Gasteiger partial charge in [-0.15, -0.1) is 0 Å². The van der Waals surface area contributed by atoms with Crippen LogP contribution in [0.1, 0.15) is 0 Å². The lowest BCUT2D eigenvalue weighted by Gasteiger charge is -2.17. The Hall–Kier alpha value is -9.13. The van der Waals surface area contributed by atoms with Gasteiger partial charge in [-0.05, 0) is 52.6 Å². The fourth-order valence-corrected chi connectivity index (χ4v) is 8.97. The van der Waals surface area contributed by atoms with Crippen molar-refractivity contribution in [2.45, 2.75) is 0 Å². The Kier molecular flexibility index (Phi) is 10.1. The van der Waals surface area contributed by atoms with Gasteiger partial charge in [-0.25, -0.2) is 24.9 Å². The Morgan fingerprint density at radius 1 is 0.239 bits per heavy atom. The molecule has 9 aromatic carbocycles. The predicted molar refractivity (Wildman–Crippen MR) is 273 cm³/mol. The molecule has 0 saturated heterocycles. The van der Waals surface area contributed by atoms with Crippen LogP contribution in [0, 0.1) is 0 Å². The zero-order chi connectivity index (χ0) is 44.5. The van der Waals surface area contributed by atoms with Gasteiger partial charge in [-0.2, -0.15) is 0 Å². The summed E-state index contributed by atoms with van der Waals surface area (Å²) in [7, 11) is 0. The van der Waals surface area contributed by atoms with Crippen molar-refractivity contribution in [3.05, 3.63) is 243 Å². The van der Waals surface area contributed by atoms with Gasteiger partial charge in [0.05, 0.1) is 28.1 Å². The van der Waals surface area contributed by atoms with Crippen LogP contribution in [0.3, 0.4) is 0 Å². The first kappa shape index (κ1) is 39.5. The Bertz CT molecular complexity index is 3500. The highest BCUT2D eigenvalue weighted by atomic mass is 15.1. The zero-order valence-corrected chi connectivity index (χ0v) is 36.3. The molecule has 0 bridgehead atoms. The molecule has 3 aromatic heterocycles. The minimum Gasteiger partial charge on any atom is -0.308 e. The molecule has 6 heteroatoms. The van der Waals surface area contributed by atoms with Crippen LogP contribution in [0.5, 0.6) is 0 Å². The molecule has 0 unspecified atom stereocenters. The lowest BCUT2D eigenvalue weighted by atomic mass is 10.0. The summed E-state index contributed by atoms with van der Waals surface area (Å²) in [5.74, 6) is 2.35. The highest BCUT2D eigenvalue weighted by Crippen LogP contribution is 2.41. The maximum Gasteiger partial charge on any atom is 0.166 e. The molecule has 0 radical (unpaired) electrons. The summed E-state index contributed by atoms with van der Waals surface area (Å²) >= 11 is 0. The summed E-state index contributed by atoms with van der Waals surface area (Å²) in [6, 6.07) is 84.1. The summed E-state index contributed by atoms with van der Waals surface area (Å²) < 4.78 is 2.39. The van der Waals surface area contributed by atoms with Crippen molar-refractivity contribution in [2.75, 3.05) is 0 Å². The van der Waals surface area contributed by atoms with Crippen LogP contribution in [0.2, 0.25) is 0 Å². The molecule has 0 aliphatic rings. The van der Waals surface area contributed by atoms with Crippen LogP contribution in [0.4, 0.5) is 0 Å². The largest absolute Gasteiger partial charge is 0.308 e. The Balaban J connectivity index is 1.17. The first-order valence-corrected chi connectivity index (χ1v) is 22.4. The smallest absolute Gasteiger partial charge is 0.166 e. The molecule has 0 spiro atoms. The standard InChI is InChI=1S/C61H40N6/c1-7-19-41(20-8-1)47-31-34-50-51-35-32-48(42-21-9-2-10-22-42)39-57(51)67(56(50)38-47)55-36-33-49(54-40-53(43-23-11-3-12-24-43)62-58(63-54)44-25-13-4-14-26-44)37-52(55)61-65-59(45-27-15-5-16-28-45)64-60(66-61)46-29-17-6-18-30-46/h1-40H. The minimum atomic E-state index is 0.540. The van der Waals surface area contributed by atoms with Crippen molar-refractivity contribution in [3.8, 4) is 96.0 Å². The SMILES string of the molecule is c1ccc(-c2ccc3c4ccc(-c5ccccc5)cc4n(-c4ccc(-c5cc(-c6ccccc6)nc(-c6ccccc6)n5)cc4-c4nc(-c5ccccc5)nc(-c5ccccc5)n4)c3c2)cc1. The second kappa shape index (κ2) is 17.1. The van der Waals surface area contributed by atoms with E-state index in [1.54, 1.807) is 0 Å². The zero-order valence-electron chi connectivity index (χ0n) is 36.3. The Labute approximate surface area is 388 Å². The molecule has 0 fully saturated rings. The quantitative estimate of drug-likeness (QED) is 0.145. The van der Waals surface area contributed by atoms with E-state index in [0.29, 0.717) is 23.3 Å². The normalized spacial score (nSPS) is 11.3. The fraction of sp³-hybridized carbons (Fsp3) is 0. The summed E-state index contributed by atoms with van der Waals surface area (Å²) in [6.07, 6.45) is 0. The van der Waals surface area contributed by atoms with Crippen LogP contribution >= 0.6 is 0 Å². The van der Waals surface area contributed by atoms with Crippen molar-refractivity contribution in [1.29, 1.82) is 0 Å². The number of hydrogen-bond acceptors (Lipinski definition) is 5. The van der Waals surface area contributed by atoms with Gasteiger partial charge >= 0.3 is 0 Å². The number of fused-ring (bicyclic) bond motifs is 3. The van der Waals surface area contributed by atoms with Crippen molar-refractivity contribution in [1.82, 2.24) is 29.5 Å². The fourth-order valence-electron chi connectivity index (χ4n) is 8.97. The maximum atomic E-state index is 5.36. The van der Waals surface area contributed by atoms with Crippen LogP contribution in [0.15, 0.2) is 243 Å². The van der Waals surface area contributed by atoms with E-state index in [4.69, 9.17) is 24.9 Å². The number of aromatic nitrogens is 6. The van der Waals surface area contributed by atoms with Gasteiger partial charge in [0.2, 0.25) is 0 Å². The van der Waals surface area contributed by atoms with E-state index in [1.165, 1.54) is 0 Å². The molecule has 0 aliphatic heterocycles. The average Bonchev–Trinajstić information content (AvgIpc) is 3.74. The van der Waals surface area contributed by atoms with Crippen LogP contribution < -0.4 is 0 Å². The van der Waals surface area contributed by atoms with Gasteiger partial charge in [0, 0.05) is 44.2 Å². The molecule has 12 rings (SSSR count). The average molecular weight is 857 g/mol. The second-order valence-electron chi connectivity index (χ2n) is 16.5. The number of nitrogens with zero attached hydrogens (tertiary/aromatic N) is 6. The molecule has 0 aliphatic carbocycles. The monoisotopic (exact) mass is 856 g/mol. The van der Waals surface area contributed by atoms with Crippen molar-refractivity contribution < 1.29 is 0 Å². The van der Waals surface area contributed by atoms with Gasteiger partial charge in [0.25, 0.3) is 0 Å². The van der Waals surface area contributed by atoms with E-state index in [-0.39, 0.29) is 0 Å². The minimum absolute atomic E-state index is 0.540. The number of benzene rings is 9. The van der Waals surface area contributed by atoms with Gasteiger partial charge in [0.15, 0.2) is 23.3 Å². The number of rotatable bonds is 9. The Morgan fingerprint density at radius 3 is 1.04 bits per heavy atom. The predicted octanol–water partition coefficient (Wildman–Crippen LogP) is 15.1. The van der Waals surface area contributed by atoms with E-state index in [2.05, 4.69) is 150 Å². The topological polar surface area (TPSA) is 69.4 Å². The second-order valence-corrected chi connectivity index (χ2v) is 16.5. The van der Waals surface area contributed by atoms with Crippen molar-refractivity contribution >= 4 is 21.8 Å². The molecule has 3 heterocycles. The third-order valence-corrected chi connectivity index (χ3v) is 12.3. The molecule has 0 amide bonds. The summed E-state index contributed by atoms with van der Waals surface area (Å²) in [4.78, 5) is 26.2. The van der Waals surface area contributed by atoms with E-state index in [9.17, 15) is 0 Å². The van der Waals surface area contributed by atoms with Gasteiger partial charge in [-0.3, -0.25) is 0 Å². The van der Waals surface area contributed by atoms with Gasteiger partial charge < -0.3 is 4.57 Å². The third-order valence-electron chi connectivity index (χ3n) is 12.3. The summed E-state index contributed by atoms with van der Waals surface area (Å²) in [5, 5.41) is 2.29. The highest BCUT2D eigenvalue weighted by Gasteiger charge is 2.22. The molecule has 12 aromatic rings. The first-order valence-electron chi connectivity index (χ1n) is 22.4. The third kappa shape index (κ3) is 7.62. The van der Waals surface area contributed by atoms with E-state index in [1.807, 2.05) is 97.1 Å². The molecule has 0 N–H and O–H groups in total. The van der Waals surface area contributed by atoms with Crippen molar-refractivity contribution in [2.24, 2.45) is 0 Å². The first-order chi connectivity index (χ1) is 33.2. The van der Waals surface area contributed by atoms with Gasteiger partial charge in [0.1, 0.15) is 0 Å². The van der Waals surface area contributed by atoms with E-state index >= 15 is 0 Å². The molecule has 6 nitrogen and oxygen atoms in total.